The normalized spacial score (nSPS) is 13.2. The van der Waals surface area contributed by atoms with E-state index in [9.17, 15) is 9.90 Å². The van der Waals surface area contributed by atoms with E-state index < -0.39 is 6.10 Å². The fourth-order valence-electron chi connectivity index (χ4n) is 3.06. The fourth-order valence-corrected chi connectivity index (χ4v) is 3.06. The molecular formula is C21H23N3O2. The third-order valence-electron chi connectivity index (χ3n) is 4.31. The van der Waals surface area contributed by atoms with E-state index in [1.54, 1.807) is 23.9 Å². The van der Waals surface area contributed by atoms with Crippen molar-refractivity contribution in [2.45, 2.75) is 25.4 Å². The fraction of sp³-hybridized carbons (Fsp3) is 0.238. The first kappa shape index (κ1) is 17.9. The van der Waals surface area contributed by atoms with Crippen LogP contribution in [0.4, 0.5) is 0 Å². The molecule has 3 aromatic rings. The van der Waals surface area contributed by atoms with Gasteiger partial charge in [0.05, 0.1) is 17.4 Å². The average Bonchev–Trinajstić information content (AvgIpc) is 3.20. The maximum absolute atomic E-state index is 12.8. The summed E-state index contributed by atoms with van der Waals surface area (Å²) in [5.74, 6) is -0.0976. The Morgan fingerprint density at radius 3 is 2.54 bits per heavy atom. The monoisotopic (exact) mass is 349 g/mol. The van der Waals surface area contributed by atoms with E-state index in [-0.39, 0.29) is 11.8 Å². The summed E-state index contributed by atoms with van der Waals surface area (Å²) in [4.78, 5) is 12.8. The molecule has 0 saturated heterocycles. The average molecular weight is 349 g/mol. The first-order chi connectivity index (χ1) is 12.6. The van der Waals surface area contributed by atoms with Crippen molar-refractivity contribution >= 4 is 5.91 Å². The van der Waals surface area contributed by atoms with Gasteiger partial charge in [-0.2, -0.15) is 5.10 Å². The van der Waals surface area contributed by atoms with Gasteiger partial charge in [0.25, 0.3) is 5.91 Å². The van der Waals surface area contributed by atoms with Crippen molar-refractivity contribution in [2.24, 2.45) is 0 Å². The summed E-state index contributed by atoms with van der Waals surface area (Å²) < 4.78 is 1.68. The Balaban J connectivity index is 1.75. The van der Waals surface area contributed by atoms with Crippen LogP contribution in [0.2, 0.25) is 0 Å². The number of hydrogen-bond donors (Lipinski definition) is 2. The number of aromatic nitrogens is 2. The second-order valence-corrected chi connectivity index (χ2v) is 6.37. The van der Waals surface area contributed by atoms with Crippen LogP contribution in [0.25, 0.3) is 5.69 Å². The van der Waals surface area contributed by atoms with Crippen LogP contribution in [0.5, 0.6) is 0 Å². The van der Waals surface area contributed by atoms with Crippen LogP contribution in [-0.2, 0) is 0 Å². The van der Waals surface area contributed by atoms with Gasteiger partial charge in [0.15, 0.2) is 0 Å². The summed E-state index contributed by atoms with van der Waals surface area (Å²) >= 11 is 0. The van der Waals surface area contributed by atoms with Gasteiger partial charge in [-0.3, -0.25) is 4.79 Å². The highest BCUT2D eigenvalue weighted by Crippen LogP contribution is 2.21. The van der Waals surface area contributed by atoms with Gasteiger partial charge < -0.3 is 10.4 Å². The zero-order chi connectivity index (χ0) is 18.4. The van der Waals surface area contributed by atoms with Crippen molar-refractivity contribution in [3.8, 4) is 5.69 Å². The Bertz CT molecular complexity index is 829. The molecule has 0 aliphatic heterocycles. The number of benzene rings is 2. The molecule has 1 amide bonds. The van der Waals surface area contributed by atoms with Gasteiger partial charge >= 0.3 is 0 Å². The van der Waals surface area contributed by atoms with Crippen LogP contribution >= 0.6 is 0 Å². The highest BCUT2D eigenvalue weighted by molar-refractivity contribution is 5.97. The lowest BCUT2D eigenvalue weighted by Gasteiger charge is -2.20. The molecule has 2 atom stereocenters. The molecule has 2 aromatic carbocycles. The number of amides is 1. The van der Waals surface area contributed by atoms with Gasteiger partial charge in [-0.25, -0.2) is 4.68 Å². The summed E-state index contributed by atoms with van der Waals surface area (Å²) in [7, 11) is 0. The quantitative estimate of drug-likeness (QED) is 0.688. The lowest BCUT2D eigenvalue weighted by atomic mass is 9.93. The zero-order valence-corrected chi connectivity index (χ0v) is 14.7. The van der Waals surface area contributed by atoms with Crippen molar-refractivity contribution < 1.29 is 9.90 Å². The number of carbonyl (C=O) groups is 1. The van der Waals surface area contributed by atoms with Gasteiger partial charge in [-0.1, -0.05) is 42.5 Å². The maximum atomic E-state index is 12.8. The number of para-hydroxylation sites is 1. The Labute approximate surface area is 153 Å². The van der Waals surface area contributed by atoms with E-state index in [0.29, 0.717) is 18.5 Å². The molecule has 0 spiro atoms. The minimum Gasteiger partial charge on any atom is -0.393 e. The van der Waals surface area contributed by atoms with E-state index in [1.165, 1.54) is 0 Å². The smallest absolute Gasteiger partial charge is 0.253 e. The van der Waals surface area contributed by atoms with Crippen LogP contribution in [-0.4, -0.2) is 33.4 Å². The Morgan fingerprint density at radius 2 is 1.85 bits per heavy atom. The molecule has 5 heteroatoms. The topological polar surface area (TPSA) is 67.2 Å². The first-order valence-electron chi connectivity index (χ1n) is 8.75. The van der Waals surface area contributed by atoms with Crippen molar-refractivity contribution in [3.05, 3.63) is 84.2 Å². The summed E-state index contributed by atoms with van der Waals surface area (Å²) in [6, 6.07) is 19.2. The lowest BCUT2D eigenvalue weighted by Crippen LogP contribution is -2.30. The molecule has 0 aliphatic rings. The molecule has 26 heavy (non-hydrogen) atoms. The minimum atomic E-state index is -0.437. The van der Waals surface area contributed by atoms with Gasteiger partial charge in [0, 0.05) is 24.9 Å². The molecule has 0 radical (unpaired) electrons. The van der Waals surface area contributed by atoms with Crippen LogP contribution in [0.15, 0.2) is 73.1 Å². The van der Waals surface area contributed by atoms with Crippen molar-refractivity contribution in [3.63, 3.8) is 0 Å². The number of hydrogen-bond acceptors (Lipinski definition) is 3. The molecule has 134 valence electrons. The van der Waals surface area contributed by atoms with E-state index in [1.807, 2.05) is 60.8 Å². The first-order valence-corrected chi connectivity index (χ1v) is 8.75. The number of aliphatic hydroxyl groups excluding tert-OH is 1. The summed E-state index contributed by atoms with van der Waals surface area (Å²) in [6.45, 7) is 2.23. The second-order valence-electron chi connectivity index (χ2n) is 6.37. The standard InChI is InChI=1S/C21H23N3O2/c1-16(25)14-18(17-8-3-2-4-9-17)15-22-21(26)19-10-5-6-11-20(19)24-13-7-12-23-24/h2-13,16,18,25H,14-15H2,1H3,(H,22,26). The van der Waals surface area contributed by atoms with Crippen LogP contribution in [0.1, 0.15) is 35.2 Å². The molecule has 3 rings (SSSR count). The van der Waals surface area contributed by atoms with Crippen molar-refractivity contribution in [2.75, 3.05) is 6.54 Å². The van der Waals surface area contributed by atoms with Gasteiger partial charge in [-0.05, 0) is 37.1 Å². The van der Waals surface area contributed by atoms with Crippen molar-refractivity contribution in [1.29, 1.82) is 0 Å². The highest BCUT2D eigenvalue weighted by Gasteiger charge is 2.17. The predicted molar refractivity (Wildman–Crippen MR) is 101 cm³/mol. The summed E-state index contributed by atoms with van der Waals surface area (Å²) in [6.07, 6.45) is 3.65. The van der Waals surface area contributed by atoms with E-state index in [2.05, 4.69) is 10.4 Å². The molecule has 1 heterocycles. The molecule has 2 unspecified atom stereocenters. The number of aliphatic hydroxyl groups is 1. The Morgan fingerprint density at radius 1 is 1.12 bits per heavy atom. The number of rotatable bonds is 7. The Hall–Kier alpha value is -2.92. The number of nitrogens with zero attached hydrogens (tertiary/aromatic N) is 2. The van der Waals surface area contributed by atoms with Gasteiger partial charge in [0.1, 0.15) is 0 Å². The zero-order valence-electron chi connectivity index (χ0n) is 14.7. The summed E-state index contributed by atoms with van der Waals surface area (Å²) in [5.41, 5.74) is 2.41. The second kappa shape index (κ2) is 8.45. The molecule has 5 nitrogen and oxygen atoms in total. The molecule has 0 bridgehead atoms. The third kappa shape index (κ3) is 4.37. The largest absolute Gasteiger partial charge is 0.393 e. The minimum absolute atomic E-state index is 0.0528. The summed E-state index contributed by atoms with van der Waals surface area (Å²) in [5, 5.41) is 17.0. The van der Waals surface area contributed by atoms with Crippen LogP contribution in [0, 0.1) is 0 Å². The molecular weight excluding hydrogens is 326 g/mol. The van der Waals surface area contributed by atoms with E-state index in [0.717, 1.165) is 11.3 Å². The molecule has 1 aromatic heterocycles. The van der Waals surface area contributed by atoms with Gasteiger partial charge in [0.2, 0.25) is 0 Å². The molecule has 0 saturated carbocycles. The Kier molecular flexibility index (Phi) is 5.81. The van der Waals surface area contributed by atoms with E-state index in [4.69, 9.17) is 0 Å². The molecule has 2 N–H and O–H groups in total. The SMILES string of the molecule is CC(O)CC(CNC(=O)c1ccccc1-n1cccn1)c1ccccc1. The number of carbonyl (C=O) groups excluding carboxylic acids is 1. The predicted octanol–water partition coefficient (Wildman–Crippen LogP) is 3.16. The molecule has 0 aliphatic carbocycles. The number of nitrogens with one attached hydrogen (secondary N) is 1. The maximum Gasteiger partial charge on any atom is 0.253 e. The van der Waals surface area contributed by atoms with Crippen LogP contribution < -0.4 is 5.32 Å². The van der Waals surface area contributed by atoms with Gasteiger partial charge in [-0.15, -0.1) is 0 Å². The highest BCUT2D eigenvalue weighted by atomic mass is 16.3. The lowest BCUT2D eigenvalue weighted by molar-refractivity contribution is 0.0945. The van der Waals surface area contributed by atoms with Crippen molar-refractivity contribution in [1.82, 2.24) is 15.1 Å². The molecule has 0 fully saturated rings. The van der Waals surface area contributed by atoms with E-state index >= 15 is 0 Å². The third-order valence-corrected chi connectivity index (χ3v) is 4.31. The van der Waals surface area contributed by atoms with Crippen LogP contribution in [0.3, 0.4) is 0 Å².